The number of carbonyl (C=O) groups excluding carboxylic acids is 1. The first kappa shape index (κ1) is 17.7. The molecule has 0 aliphatic heterocycles. The molecule has 142 valence electrons. The summed E-state index contributed by atoms with van der Waals surface area (Å²) < 4.78 is 3.63. The monoisotopic (exact) mass is 375 g/mol. The first-order valence-electron chi connectivity index (χ1n) is 9.09. The molecule has 0 fully saturated rings. The maximum absolute atomic E-state index is 12.2. The van der Waals surface area contributed by atoms with Crippen LogP contribution in [0.1, 0.15) is 5.82 Å². The zero-order valence-corrected chi connectivity index (χ0v) is 15.5. The van der Waals surface area contributed by atoms with Gasteiger partial charge in [-0.3, -0.25) is 4.79 Å². The lowest BCUT2D eigenvalue weighted by Crippen LogP contribution is -2.31. The third-order valence-electron chi connectivity index (χ3n) is 4.31. The van der Waals surface area contributed by atoms with Gasteiger partial charge in [-0.05, 0) is 30.5 Å². The van der Waals surface area contributed by atoms with Gasteiger partial charge in [-0.2, -0.15) is 5.10 Å². The molecule has 0 bridgehead atoms. The van der Waals surface area contributed by atoms with Crippen molar-refractivity contribution in [2.45, 2.75) is 13.5 Å². The van der Waals surface area contributed by atoms with Gasteiger partial charge in [-0.1, -0.05) is 18.2 Å². The largest absolute Gasteiger partial charge is 0.368 e. The zero-order chi connectivity index (χ0) is 19.3. The predicted molar refractivity (Wildman–Crippen MR) is 107 cm³/mol. The molecular formula is C20H21N7O. The van der Waals surface area contributed by atoms with E-state index in [2.05, 4.69) is 25.7 Å². The van der Waals surface area contributed by atoms with E-state index in [1.54, 1.807) is 10.9 Å². The highest BCUT2D eigenvalue weighted by molar-refractivity contribution is 5.83. The van der Waals surface area contributed by atoms with E-state index in [9.17, 15) is 4.79 Å². The molecule has 0 radical (unpaired) electrons. The molecule has 28 heavy (non-hydrogen) atoms. The molecule has 2 N–H and O–H groups in total. The molecule has 1 aromatic carbocycles. The van der Waals surface area contributed by atoms with Crippen molar-refractivity contribution in [2.75, 3.05) is 18.4 Å². The van der Waals surface area contributed by atoms with Crippen LogP contribution in [-0.2, 0) is 11.3 Å². The molecule has 8 heteroatoms. The second kappa shape index (κ2) is 7.91. The number of fused-ring (bicyclic) bond motifs is 1. The summed E-state index contributed by atoms with van der Waals surface area (Å²) in [6.45, 7) is 3.19. The van der Waals surface area contributed by atoms with Gasteiger partial charge in [0.05, 0.1) is 0 Å². The predicted octanol–water partition coefficient (Wildman–Crippen LogP) is 2.15. The fourth-order valence-corrected chi connectivity index (χ4v) is 3.05. The topological polar surface area (TPSA) is 89.7 Å². The summed E-state index contributed by atoms with van der Waals surface area (Å²) in [4.78, 5) is 21.0. The van der Waals surface area contributed by atoms with Gasteiger partial charge in [0, 0.05) is 43.3 Å². The molecule has 0 aliphatic rings. The number of anilines is 1. The third-order valence-corrected chi connectivity index (χ3v) is 4.31. The number of nitrogens with one attached hydrogen (secondary N) is 2. The van der Waals surface area contributed by atoms with E-state index in [1.807, 2.05) is 66.3 Å². The number of nitrogens with zero attached hydrogens (tertiary/aromatic N) is 5. The van der Waals surface area contributed by atoms with Crippen molar-refractivity contribution in [3.8, 4) is 5.82 Å². The summed E-state index contributed by atoms with van der Waals surface area (Å²) >= 11 is 0. The second-order valence-corrected chi connectivity index (χ2v) is 6.39. The molecule has 0 saturated carbocycles. The van der Waals surface area contributed by atoms with Crippen molar-refractivity contribution in [1.82, 2.24) is 29.6 Å². The molecule has 4 aromatic rings. The van der Waals surface area contributed by atoms with Crippen LogP contribution >= 0.6 is 0 Å². The van der Waals surface area contributed by atoms with E-state index in [1.165, 1.54) is 0 Å². The smallest absolute Gasteiger partial charge is 0.240 e. The van der Waals surface area contributed by atoms with E-state index in [0.29, 0.717) is 37.1 Å². The van der Waals surface area contributed by atoms with Gasteiger partial charge >= 0.3 is 0 Å². The average Bonchev–Trinajstić information content (AvgIpc) is 3.36. The number of hydrogen-bond acceptors (Lipinski definition) is 5. The third kappa shape index (κ3) is 4.01. The van der Waals surface area contributed by atoms with Crippen LogP contribution < -0.4 is 10.6 Å². The maximum Gasteiger partial charge on any atom is 0.240 e. The quantitative estimate of drug-likeness (QED) is 0.483. The summed E-state index contributed by atoms with van der Waals surface area (Å²) in [5.74, 6) is 2.02. The van der Waals surface area contributed by atoms with Crippen molar-refractivity contribution in [3.05, 3.63) is 66.9 Å². The number of amides is 1. The Morgan fingerprint density at radius 1 is 1.07 bits per heavy atom. The Labute approximate surface area is 162 Å². The normalized spacial score (nSPS) is 10.9. The minimum Gasteiger partial charge on any atom is -0.368 e. The lowest BCUT2D eigenvalue weighted by atomic mass is 10.2. The maximum atomic E-state index is 12.2. The minimum atomic E-state index is -0.0285. The van der Waals surface area contributed by atoms with Gasteiger partial charge in [-0.25, -0.2) is 14.6 Å². The molecule has 0 unspecified atom stereocenters. The molecular weight excluding hydrogens is 354 g/mol. The number of hydrogen-bond donors (Lipinski definition) is 2. The summed E-state index contributed by atoms with van der Waals surface area (Å²) in [5.41, 5.74) is 1.05. The van der Waals surface area contributed by atoms with E-state index < -0.39 is 0 Å². The standard InChI is InChI=1S/C20H21N7O/c1-15-24-18(13-19(25-15)27-11-4-8-23-27)21-9-10-22-20(28)14-26-12-7-16-5-2-3-6-17(16)26/h2-8,11-13H,9-10,14H2,1H3,(H,22,28)(H,21,24,25). The van der Waals surface area contributed by atoms with Gasteiger partial charge in [-0.15, -0.1) is 0 Å². The highest BCUT2D eigenvalue weighted by Crippen LogP contribution is 2.14. The van der Waals surface area contributed by atoms with Crippen LogP contribution in [0.15, 0.2) is 61.1 Å². The zero-order valence-electron chi connectivity index (χ0n) is 15.5. The minimum absolute atomic E-state index is 0.0285. The molecule has 1 amide bonds. The van der Waals surface area contributed by atoms with E-state index in [-0.39, 0.29) is 5.91 Å². The van der Waals surface area contributed by atoms with Gasteiger partial charge in [0.25, 0.3) is 0 Å². The molecule has 0 spiro atoms. The van der Waals surface area contributed by atoms with Crippen molar-refractivity contribution in [1.29, 1.82) is 0 Å². The summed E-state index contributed by atoms with van der Waals surface area (Å²) in [6.07, 6.45) is 5.47. The SMILES string of the molecule is Cc1nc(NCCNC(=O)Cn2ccc3ccccc32)cc(-n2cccn2)n1. The number of aromatic nitrogens is 5. The molecule has 0 saturated heterocycles. The van der Waals surface area contributed by atoms with Crippen molar-refractivity contribution in [2.24, 2.45) is 0 Å². The molecule has 0 aliphatic carbocycles. The number of rotatable bonds is 7. The second-order valence-electron chi connectivity index (χ2n) is 6.39. The molecule has 8 nitrogen and oxygen atoms in total. The van der Waals surface area contributed by atoms with Crippen molar-refractivity contribution in [3.63, 3.8) is 0 Å². The van der Waals surface area contributed by atoms with Crippen LogP contribution in [0, 0.1) is 6.92 Å². The van der Waals surface area contributed by atoms with Gasteiger partial charge in [0.1, 0.15) is 18.2 Å². The van der Waals surface area contributed by atoms with E-state index >= 15 is 0 Å². The van der Waals surface area contributed by atoms with Crippen molar-refractivity contribution >= 4 is 22.6 Å². The molecule has 3 aromatic heterocycles. The Bertz CT molecular complexity index is 1090. The molecule has 3 heterocycles. The Morgan fingerprint density at radius 2 is 1.96 bits per heavy atom. The number of para-hydroxylation sites is 1. The first-order chi connectivity index (χ1) is 13.7. The van der Waals surface area contributed by atoms with Crippen LogP contribution in [-0.4, -0.2) is 43.3 Å². The molecule has 4 rings (SSSR count). The highest BCUT2D eigenvalue weighted by atomic mass is 16.1. The van der Waals surface area contributed by atoms with E-state index in [4.69, 9.17) is 0 Å². The molecule has 0 atom stereocenters. The summed E-state index contributed by atoms with van der Waals surface area (Å²) in [6, 6.07) is 13.7. The van der Waals surface area contributed by atoms with Crippen LogP contribution in [0.4, 0.5) is 5.82 Å². The Kier molecular flexibility index (Phi) is 5.01. The van der Waals surface area contributed by atoms with Crippen LogP contribution in [0.5, 0.6) is 0 Å². The Hall–Kier alpha value is -3.68. The van der Waals surface area contributed by atoms with Gasteiger partial charge in [0.2, 0.25) is 5.91 Å². The van der Waals surface area contributed by atoms with Crippen LogP contribution in [0.2, 0.25) is 0 Å². The summed E-state index contributed by atoms with van der Waals surface area (Å²) in [7, 11) is 0. The fraction of sp³-hybridized carbons (Fsp3) is 0.200. The summed E-state index contributed by atoms with van der Waals surface area (Å²) in [5, 5.41) is 11.5. The van der Waals surface area contributed by atoms with Gasteiger partial charge < -0.3 is 15.2 Å². The Morgan fingerprint density at radius 3 is 2.82 bits per heavy atom. The Balaban J connectivity index is 1.29. The fourth-order valence-electron chi connectivity index (χ4n) is 3.05. The number of benzene rings is 1. The van der Waals surface area contributed by atoms with Gasteiger partial charge in [0.15, 0.2) is 5.82 Å². The first-order valence-corrected chi connectivity index (χ1v) is 9.09. The highest BCUT2D eigenvalue weighted by Gasteiger charge is 2.06. The van der Waals surface area contributed by atoms with Crippen LogP contribution in [0.25, 0.3) is 16.7 Å². The average molecular weight is 375 g/mol. The van der Waals surface area contributed by atoms with Crippen LogP contribution in [0.3, 0.4) is 0 Å². The lowest BCUT2D eigenvalue weighted by Gasteiger charge is -2.10. The van der Waals surface area contributed by atoms with Crippen molar-refractivity contribution < 1.29 is 4.79 Å². The lowest BCUT2D eigenvalue weighted by molar-refractivity contribution is -0.121. The number of carbonyl (C=O) groups is 1. The van der Waals surface area contributed by atoms with E-state index in [0.717, 1.165) is 10.9 Å². The number of aryl methyl sites for hydroxylation is 1.